The largest absolute Gasteiger partial charge is 0.462 e. The van der Waals surface area contributed by atoms with E-state index in [0.29, 0.717) is 11.3 Å². The maximum absolute atomic E-state index is 13.0. The van der Waals surface area contributed by atoms with Gasteiger partial charge in [-0.3, -0.25) is 4.79 Å². The van der Waals surface area contributed by atoms with Crippen LogP contribution in [0.4, 0.5) is 5.69 Å². The number of anilines is 1. The Hall–Kier alpha value is -3.61. The molecule has 0 aliphatic carbocycles. The molecule has 0 bridgehead atoms. The summed E-state index contributed by atoms with van der Waals surface area (Å²) in [5, 5.41) is 2.85. The third-order valence-corrected chi connectivity index (χ3v) is 5.95. The standard InChI is InChI=1S/C33H45NO6/c1-6-7-8-9-10-11-14-26-17-19-27(20-18-26)32(36)34-28-15-12-13-16-29(28)40-30(33(37)39-23-25(4)5)21-31(35)38-22-24(2)3/h12-13,15-21,24-25H,6-11,14,22-23H2,1-5H3,(H,34,36)/b30-21-. The Labute approximate surface area is 239 Å². The lowest BCUT2D eigenvalue weighted by molar-refractivity contribution is -0.144. The fraction of sp³-hybridized carbons (Fsp3) is 0.485. The number of carbonyl (C=O) groups excluding carboxylic acids is 3. The van der Waals surface area contributed by atoms with Crippen molar-refractivity contribution in [3.8, 4) is 5.75 Å². The van der Waals surface area contributed by atoms with Crippen LogP contribution in [0.15, 0.2) is 60.4 Å². The van der Waals surface area contributed by atoms with Crippen LogP contribution in [0.3, 0.4) is 0 Å². The average Bonchev–Trinajstić information content (AvgIpc) is 2.93. The monoisotopic (exact) mass is 551 g/mol. The van der Waals surface area contributed by atoms with Gasteiger partial charge >= 0.3 is 11.9 Å². The summed E-state index contributed by atoms with van der Waals surface area (Å²) in [5.41, 5.74) is 2.06. The number of benzene rings is 2. The van der Waals surface area contributed by atoms with Gasteiger partial charge in [-0.1, -0.05) is 91.0 Å². The Balaban J connectivity index is 2.10. The van der Waals surface area contributed by atoms with Crippen LogP contribution in [0.2, 0.25) is 0 Å². The molecule has 0 aliphatic heterocycles. The molecule has 0 radical (unpaired) electrons. The first-order valence-electron chi connectivity index (χ1n) is 14.4. The van der Waals surface area contributed by atoms with Crippen LogP contribution in [-0.4, -0.2) is 31.1 Å². The van der Waals surface area contributed by atoms with E-state index in [9.17, 15) is 14.4 Å². The molecule has 218 valence electrons. The molecule has 0 atom stereocenters. The van der Waals surface area contributed by atoms with Crippen molar-refractivity contribution < 1.29 is 28.6 Å². The minimum absolute atomic E-state index is 0.0989. The molecule has 0 unspecified atom stereocenters. The van der Waals surface area contributed by atoms with Gasteiger partial charge in [0, 0.05) is 5.56 Å². The molecular weight excluding hydrogens is 506 g/mol. The molecule has 1 amide bonds. The Morgan fingerprint density at radius 1 is 0.800 bits per heavy atom. The number of nitrogens with one attached hydrogen (secondary N) is 1. The summed E-state index contributed by atoms with van der Waals surface area (Å²) in [6, 6.07) is 14.3. The van der Waals surface area contributed by atoms with Gasteiger partial charge in [0.15, 0.2) is 5.75 Å². The van der Waals surface area contributed by atoms with Crippen molar-refractivity contribution in [2.45, 2.75) is 79.6 Å². The van der Waals surface area contributed by atoms with E-state index in [1.165, 1.54) is 37.7 Å². The van der Waals surface area contributed by atoms with Crippen LogP contribution in [0.5, 0.6) is 5.75 Å². The predicted octanol–water partition coefficient (Wildman–Crippen LogP) is 7.50. The van der Waals surface area contributed by atoms with Gasteiger partial charge in [-0.2, -0.15) is 0 Å². The lowest BCUT2D eigenvalue weighted by Crippen LogP contribution is -2.19. The smallest absolute Gasteiger partial charge is 0.374 e. The summed E-state index contributed by atoms with van der Waals surface area (Å²) >= 11 is 0. The third-order valence-electron chi connectivity index (χ3n) is 5.95. The number of esters is 2. The van der Waals surface area contributed by atoms with Gasteiger partial charge in [0.2, 0.25) is 5.76 Å². The van der Waals surface area contributed by atoms with E-state index in [-0.39, 0.29) is 42.5 Å². The van der Waals surface area contributed by atoms with Crippen molar-refractivity contribution in [1.29, 1.82) is 0 Å². The molecule has 0 aromatic heterocycles. The van der Waals surface area contributed by atoms with E-state index in [1.807, 2.05) is 52.0 Å². The molecule has 1 N–H and O–H groups in total. The highest BCUT2D eigenvalue weighted by molar-refractivity contribution is 6.05. The lowest BCUT2D eigenvalue weighted by atomic mass is 10.0. The Kier molecular flexibility index (Phi) is 14.6. The second kappa shape index (κ2) is 17.9. The minimum Gasteiger partial charge on any atom is -0.462 e. The molecule has 0 saturated carbocycles. The van der Waals surface area contributed by atoms with E-state index in [4.69, 9.17) is 14.2 Å². The van der Waals surface area contributed by atoms with Gasteiger partial charge in [0.1, 0.15) is 0 Å². The van der Waals surface area contributed by atoms with Crippen molar-refractivity contribution in [3.05, 3.63) is 71.5 Å². The molecule has 0 heterocycles. The zero-order valence-electron chi connectivity index (χ0n) is 24.7. The number of ether oxygens (including phenoxy) is 3. The van der Waals surface area contributed by atoms with Crippen LogP contribution in [0, 0.1) is 11.8 Å². The van der Waals surface area contributed by atoms with Gasteiger partial charge < -0.3 is 19.5 Å². The Morgan fingerprint density at radius 3 is 2.10 bits per heavy atom. The number of amides is 1. The third kappa shape index (κ3) is 12.5. The van der Waals surface area contributed by atoms with E-state index in [0.717, 1.165) is 18.9 Å². The van der Waals surface area contributed by atoms with Crippen LogP contribution < -0.4 is 10.1 Å². The number of unbranched alkanes of at least 4 members (excludes halogenated alkanes) is 5. The summed E-state index contributed by atoms with van der Waals surface area (Å²) in [5.74, 6) is -1.72. The fourth-order valence-corrected chi connectivity index (χ4v) is 3.75. The quantitative estimate of drug-likeness (QED) is 0.0947. The van der Waals surface area contributed by atoms with Crippen molar-refractivity contribution in [2.24, 2.45) is 11.8 Å². The van der Waals surface area contributed by atoms with Gasteiger partial charge in [0.05, 0.1) is 25.0 Å². The molecule has 2 aromatic rings. The zero-order chi connectivity index (χ0) is 29.3. The van der Waals surface area contributed by atoms with Crippen molar-refractivity contribution in [1.82, 2.24) is 0 Å². The minimum atomic E-state index is -0.794. The highest BCUT2D eigenvalue weighted by Gasteiger charge is 2.20. The summed E-state index contributed by atoms with van der Waals surface area (Å²) in [6.07, 6.45) is 9.42. The van der Waals surface area contributed by atoms with Crippen LogP contribution in [0.1, 0.15) is 89.1 Å². The number of para-hydroxylation sites is 2. The second-order valence-corrected chi connectivity index (χ2v) is 10.8. The Morgan fingerprint density at radius 2 is 1.43 bits per heavy atom. The summed E-state index contributed by atoms with van der Waals surface area (Å²) in [6.45, 7) is 10.2. The first kappa shape index (κ1) is 32.6. The molecule has 40 heavy (non-hydrogen) atoms. The first-order chi connectivity index (χ1) is 19.2. The number of hydrogen-bond acceptors (Lipinski definition) is 6. The SMILES string of the molecule is CCCCCCCCc1ccc(C(=O)Nc2ccccc2O/C(=C\C(=O)OCC(C)C)C(=O)OCC(C)C)cc1. The molecule has 2 aromatic carbocycles. The number of carbonyl (C=O) groups is 3. The van der Waals surface area contributed by atoms with Gasteiger partial charge in [-0.05, 0) is 54.5 Å². The molecular formula is C33H45NO6. The summed E-state index contributed by atoms with van der Waals surface area (Å²) < 4.78 is 16.3. The van der Waals surface area contributed by atoms with E-state index in [2.05, 4.69) is 12.2 Å². The maximum Gasteiger partial charge on any atom is 0.374 e. The zero-order valence-corrected chi connectivity index (χ0v) is 24.7. The molecule has 7 heteroatoms. The highest BCUT2D eigenvalue weighted by Crippen LogP contribution is 2.27. The summed E-state index contributed by atoms with van der Waals surface area (Å²) in [4.78, 5) is 38.1. The van der Waals surface area contributed by atoms with Gasteiger partial charge in [-0.25, -0.2) is 9.59 Å². The van der Waals surface area contributed by atoms with Crippen LogP contribution >= 0.6 is 0 Å². The van der Waals surface area contributed by atoms with Crippen molar-refractivity contribution in [2.75, 3.05) is 18.5 Å². The lowest BCUT2D eigenvalue weighted by Gasteiger charge is -2.15. The van der Waals surface area contributed by atoms with E-state index >= 15 is 0 Å². The molecule has 0 fully saturated rings. The average molecular weight is 552 g/mol. The topological polar surface area (TPSA) is 90.9 Å². The van der Waals surface area contributed by atoms with E-state index < -0.39 is 11.9 Å². The van der Waals surface area contributed by atoms with Crippen molar-refractivity contribution >= 4 is 23.5 Å². The van der Waals surface area contributed by atoms with Crippen LogP contribution in [-0.2, 0) is 25.5 Å². The predicted molar refractivity (Wildman–Crippen MR) is 158 cm³/mol. The van der Waals surface area contributed by atoms with Gasteiger partial charge in [-0.15, -0.1) is 0 Å². The van der Waals surface area contributed by atoms with Crippen molar-refractivity contribution in [3.63, 3.8) is 0 Å². The summed E-state index contributed by atoms with van der Waals surface area (Å²) in [7, 11) is 0. The molecule has 2 rings (SSSR count). The molecule has 7 nitrogen and oxygen atoms in total. The molecule has 0 spiro atoms. The second-order valence-electron chi connectivity index (χ2n) is 10.8. The normalized spacial score (nSPS) is 11.4. The van der Waals surface area contributed by atoms with Crippen LogP contribution in [0.25, 0.3) is 0 Å². The van der Waals surface area contributed by atoms with Gasteiger partial charge in [0.25, 0.3) is 5.91 Å². The number of hydrogen-bond donors (Lipinski definition) is 1. The number of aryl methyl sites for hydroxylation is 1. The maximum atomic E-state index is 13.0. The number of rotatable bonds is 17. The highest BCUT2D eigenvalue weighted by atomic mass is 16.6. The Bertz CT molecular complexity index is 1100. The molecule has 0 aliphatic rings. The fourth-order valence-electron chi connectivity index (χ4n) is 3.75. The van der Waals surface area contributed by atoms with E-state index in [1.54, 1.807) is 24.3 Å². The first-order valence-corrected chi connectivity index (χ1v) is 14.4. The molecule has 0 saturated heterocycles.